The molecule has 20 nitrogen and oxygen atoms in total. The van der Waals surface area contributed by atoms with Crippen molar-refractivity contribution >= 4 is 77.6 Å². The van der Waals surface area contributed by atoms with Gasteiger partial charge in [0, 0.05) is 91.6 Å². The maximum Gasteiger partial charge on any atom is 0.315 e. The van der Waals surface area contributed by atoms with Gasteiger partial charge in [0.1, 0.15) is 11.7 Å². The van der Waals surface area contributed by atoms with Crippen LogP contribution in [0.3, 0.4) is 0 Å². The van der Waals surface area contributed by atoms with Crippen LogP contribution in [0, 0.1) is 0 Å². The van der Waals surface area contributed by atoms with E-state index < -0.39 is 49.9 Å². The third-order valence-corrected chi connectivity index (χ3v) is 20.9. The van der Waals surface area contributed by atoms with E-state index in [4.69, 9.17) is 0 Å². The summed E-state index contributed by atoms with van der Waals surface area (Å²) in [6.07, 6.45) is 5.35. The molecular formula is C60H72N10O10S3. The Bertz CT molecular complexity index is 3550. The number of carbonyl (C=O) groups is 5. The first kappa shape index (κ1) is 60.4. The Morgan fingerprint density at radius 3 is 2.25 bits per heavy atom. The van der Waals surface area contributed by atoms with Crippen molar-refractivity contribution in [3.63, 3.8) is 0 Å². The number of benzene rings is 5. The van der Waals surface area contributed by atoms with Gasteiger partial charge in [0.15, 0.2) is 5.78 Å². The average molecular weight is 1190 g/mol. The summed E-state index contributed by atoms with van der Waals surface area (Å²) in [7, 11) is -4.69. The Hall–Kier alpha value is -7.18. The fourth-order valence-electron chi connectivity index (χ4n) is 11.1. The number of ketones is 1. The summed E-state index contributed by atoms with van der Waals surface area (Å²) >= 11 is 1.86. The molecule has 2 saturated heterocycles. The molecule has 7 heterocycles. The van der Waals surface area contributed by atoms with Gasteiger partial charge in [-0.05, 0) is 80.0 Å². The highest BCUT2D eigenvalue weighted by atomic mass is 32.2. The Morgan fingerprint density at radius 2 is 1.51 bits per heavy atom. The lowest BCUT2D eigenvalue weighted by Crippen LogP contribution is -2.47. The number of aliphatic hydroxyl groups is 1. The molecule has 1 aromatic heterocycles. The van der Waals surface area contributed by atoms with Gasteiger partial charge >= 0.3 is 6.03 Å². The van der Waals surface area contributed by atoms with Gasteiger partial charge in [-0.3, -0.25) is 19.2 Å². The Morgan fingerprint density at radius 1 is 0.795 bits per heavy atom. The molecule has 6 aliphatic rings. The number of aromatic nitrogens is 3. The molecule has 2 fully saturated rings. The molecule has 6 N–H and O–H groups in total. The number of nitrogens with one attached hydrogen (secondary N) is 5. The number of fused-ring (bicyclic) bond motifs is 1. The minimum absolute atomic E-state index is 0.0191. The SMILES string of the molecule is CC1CN(CC(O)[C@H](C)n2cc(CNC(=O)[C@H](Cc3ccc(C(=O)c4ccccc4)cc3)NC(=O)CCCCCNC(=O)CCCC[C@@H]3SC[C@@H]4NC(=O)N[C@@H]43)nn2)S(=O)(=O)c2ccc(cc2)S(=O)(=O)c2cccc3c(N(C)C)c1ccc23. The second kappa shape index (κ2) is 26.6. The predicted octanol–water partition coefficient (Wildman–Crippen LogP) is 6.04. The number of hydrogen-bond acceptors (Lipinski definition) is 14. The van der Waals surface area contributed by atoms with Crippen molar-refractivity contribution < 1.29 is 45.9 Å². The summed E-state index contributed by atoms with van der Waals surface area (Å²) < 4.78 is 59.9. The van der Waals surface area contributed by atoms with E-state index in [0.29, 0.717) is 70.6 Å². The van der Waals surface area contributed by atoms with Gasteiger partial charge in [0.25, 0.3) is 0 Å². The molecule has 0 radical (unpaired) electrons. The first-order valence-electron chi connectivity index (χ1n) is 28.2. The van der Waals surface area contributed by atoms with Crippen molar-refractivity contribution in [1.29, 1.82) is 0 Å². The molecule has 6 aliphatic heterocycles. The summed E-state index contributed by atoms with van der Waals surface area (Å²) in [6, 6.07) is 27.9. The van der Waals surface area contributed by atoms with E-state index in [-0.39, 0.29) is 82.9 Å². The number of anilines is 1. The topological polar surface area (TPSA) is 271 Å². The predicted molar refractivity (Wildman–Crippen MR) is 317 cm³/mol. The first-order valence-corrected chi connectivity index (χ1v) is 32.1. The monoisotopic (exact) mass is 1190 g/mol. The smallest absolute Gasteiger partial charge is 0.315 e. The summed E-state index contributed by atoms with van der Waals surface area (Å²) in [5, 5.41) is 36.6. The van der Waals surface area contributed by atoms with Crippen molar-refractivity contribution in [2.45, 2.75) is 134 Å². The number of rotatable bonds is 24. The normalized spacial score (nSPS) is 19.9. The van der Waals surface area contributed by atoms with Gasteiger partial charge in [-0.15, -0.1) is 5.10 Å². The van der Waals surface area contributed by atoms with E-state index in [1.54, 1.807) is 79.9 Å². The summed E-state index contributed by atoms with van der Waals surface area (Å²) in [5.74, 6) is -0.541. The maximum atomic E-state index is 14.6. The number of thioether (sulfide) groups is 1. The van der Waals surface area contributed by atoms with Gasteiger partial charge in [-0.2, -0.15) is 16.1 Å². The third kappa shape index (κ3) is 14.3. The molecule has 0 spiro atoms. The van der Waals surface area contributed by atoms with Crippen molar-refractivity contribution in [2.24, 2.45) is 0 Å². The van der Waals surface area contributed by atoms with E-state index >= 15 is 0 Å². The highest BCUT2D eigenvalue weighted by molar-refractivity contribution is 8.00. The quantitative estimate of drug-likeness (QED) is 0.0229. The van der Waals surface area contributed by atoms with Crippen LogP contribution in [0.15, 0.2) is 130 Å². The van der Waals surface area contributed by atoms with Crippen LogP contribution in [0.2, 0.25) is 0 Å². The lowest BCUT2D eigenvalue weighted by Gasteiger charge is -2.31. The van der Waals surface area contributed by atoms with Gasteiger partial charge in [0.2, 0.25) is 37.6 Å². The van der Waals surface area contributed by atoms with Crippen molar-refractivity contribution in [3.05, 3.63) is 143 Å². The zero-order valence-corrected chi connectivity index (χ0v) is 49.4. The van der Waals surface area contributed by atoms with Crippen LogP contribution in [-0.4, -0.2) is 140 Å². The van der Waals surface area contributed by atoms with Crippen LogP contribution in [0.25, 0.3) is 10.8 Å². The number of hydrogen-bond donors (Lipinski definition) is 6. The second-order valence-corrected chi connectivity index (χ2v) is 27.0. The van der Waals surface area contributed by atoms with E-state index in [2.05, 4.69) is 36.9 Å². The Balaban J connectivity index is 0.810. The second-order valence-electron chi connectivity index (χ2n) is 21.9. The van der Waals surface area contributed by atoms with E-state index in [1.807, 2.05) is 55.9 Å². The van der Waals surface area contributed by atoms with E-state index in [0.717, 1.165) is 36.3 Å². The molecule has 7 atom stereocenters. The van der Waals surface area contributed by atoms with Crippen LogP contribution >= 0.6 is 11.8 Å². The average Bonchev–Trinajstić information content (AvgIpc) is 3.16. The highest BCUT2D eigenvalue weighted by Crippen LogP contribution is 2.40. The van der Waals surface area contributed by atoms with E-state index in [9.17, 15) is 45.9 Å². The summed E-state index contributed by atoms with van der Waals surface area (Å²) in [4.78, 5) is 66.7. The van der Waals surface area contributed by atoms with Crippen LogP contribution in [0.1, 0.15) is 110 Å². The van der Waals surface area contributed by atoms with Gasteiger partial charge in [0.05, 0.1) is 51.7 Å². The molecule has 6 aromatic rings. The van der Waals surface area contributed by atoms with Crippen LogP contribution in [0.4, 0.5) is 10.5 Å². The highest BCUT2D eigenvalue weighted by Gasteiger charge is 2.42. The molecule has 12 rings (SSSR count). The zero-order valence-electron chi connectivity index (χ0n) is 47.0. The van der Waals surface area contributed by atoms with Crippen LogP contribution in [-0.2, 0) is 47.2 Å². The first-order chi connectivity index (χ1) is 39.8. The molecule has 440 valence electrons. The molecule has 5 amide bonds. The van der Waals surface area contributed by atoms with Gasteiger partial charge in [-0.25, -0.2) is 26.3 Å². The van der Waals surface area contributed by atoms with Crippen LogP contribution < -0.4 is 31.5 Å². The summed E-state index contributed by atoms with van der Waals surface area (Å²) in [6.45, 7) is 3.53. The fraction of sp³-hybridized carbons (Fsp3) is 0.417. The van der Waals surface area contributed by atoms with Crippen molar-refractivity contribution in [2.75, 3.05) is 44.4 Å². The lowest BCUT2D eigenvalue weighted by molar-refractivity contribution is -0.129. The molecule has 83 heavy (non-hydrogen) atoms. The molecule has 5 aromatic carbocycles. The van der Waals surface area contributed by atoms with Crippen molar-refractivity contribution in [3.8, 4) is 0 Å². The Kier molecular flexibility index (Phi) is 19.4. The number of aliphatic hydroxyl groups excluding tert-OH is 1. The number of urea groups is 1. The molecule has 23 heteroatoms. The maximum absolute atomic E-state index is 14.6. The summed E-state index contributed by atoms with van der Waals surface area (Å²) in [5.41, 5.74) is 3.56. The van der Waals surface area contributed by atoms with Gasteiger partial charge in [-0.1, -0.05) is 104 Å². The lowest BCUT2D eigenvalue weighted by atomic mass is 9.94. The molecule has 6 bridgehead atoms. The molecule has 0 aliphatic carbocycles. The fourth-order valence-corrected chi connectivity index (χ4v) is 15.6. The molecule has 2 unspecified atom stereocenters. The Labute approximate surface area is 488 Å². The number of sulfonamides is 1. The minimum atomic E-state index is -4.32. The third-order valence-electron chi connectivity index (χ3n) is 15.7. The van der Waals surface area contributed by atoms with Gasteiger partial charge < -0.3 is 36.6 Å². The van der Waals surface area contributed by atoms with E-state index in [1.165, 1.54) is 33.3 Å². The van der Waals surface area contributed by atoms with Crippen molar-refractivity contribution in [1.82, 2.24) is 45.9 Å². The number of nitrogens with zero attached hydrogens (tertiary/aromatic N) is 5. The zero-order chi connectivity index (χ0) is 59.0. The molecule has 0 saturated carbocycles. The number of carbonyl (C=O) groups excluding carboxylic acids is 5. The van der Waals surface area contributed by atoms with Crippen LogP contribution in [0.5, 0.6) is 0 Å². The number of amides is 5. The minimum Gasteiger partial charge on any atom is -0.390 e. The standard InChI is InChI=1S/C60H72N10O10S3/c1-38-34-69(83(79,80)45-27-25-44(26-28-45)82(77,78)53-18-13-16-48-47(53)30-29-46(38)57(48)68(3)4)36-51(71)39(2)70-35-43(66-67-70)33-62-59(75)49(32-40-21-23-42(24-22-40)58(74)41-14-7-5-8-15-41)63-55(73)20-9-6-12-31-61-54(72)19-11-10-17-52-56-50(37-81-52)64-60(76)65-56/h5,7-8,13-16,18,21-30,35,38-39,49-52,56,71H,6,9-12,17,19-20,31-34,36-37H2,1-4H3,(H,61,72)(H,62,75)(H,63,73)(H2,64,65,76)/t38?,39-,49-,50-,51?,52-,56-/m0/s1. The number of unbranched alkanes of at least 4 members (excludes halogenated alkanes) is 3. The molecular weight excluding hydrogens is 1120 g/mol. The largest absolute Gasteiger partial charge is 0.390 e. The number of sulfone groups is 1.